The molecule has 6 bridgehead atoms. The molecule has 12 heteroatoms. The molecule has 0 N–H and O–H groups in total. The number of carbonyl (C=O) groups excluding carboxylic acids is 1. The lowest BCUT2D eigenvalue weighted by molar-refractivity contribution is 0.0587. The van der Waals surface area contributed by atoms with Gasteiger partial charge < -0.3 is 14.0 Å². The molecule has 3 aromatic heterocycles. The Kier molecular flexibility index (Phi) is 9.46. The fraction of sp³-hybridized carbons (Fsp3) is 0.297. The van der Waals surface area contributed by atoms with Crippen LogP contribution in [0.4, 0.5) is 4.39 Å². The Morgan fingerprint density at radius 3 is 2.65 bits per heavy atom. The molecule has 9 nitrogen and oxygen atoms in total. The number of fused-ring (bicyclic) bond motifs is 11. The van der Waals surface area contributed by atoms with E-state index in [1.807, 2.05) is 46.6 Å². The number of rotatable bonds is 2. The normalized spacial score (nSPS) is 16.0. The summed E-state index contributed by atoms with van der Waals surface area (Å²) in [5.74, 6) is 0.631. The predicted molar refractivity (Wildman–Crippen MR) is 189 cm³/mol. The van der Waals surface area contributed by atoms with Crippen molar-refractivity contribution in [1.29, 1.82) is 0 Å². The van der Waals surface area contributed by atoms with Gasteiger partial charge in [0.2, 0.25) is 0 Å². The monoisotopic (exact) mass is 699 g/mol. The predicted octanol–water partition coefficient (Wildman–Crippen LogP) is 7.01. The van der Waals surface area contributed by atoms with Crippen LogP contribution in [-0.2, 0) is 54.1 Å². The quantitative estimate of drug-likeness (QED) is 0.179. The lowest BCUT2D eigenvalue weighted by Gasteiger charge is -2.14. The first kappa shape index (κ1) is 32.9. The third-order valence-corrected chi connectivity index (χ3v) is 10.7. The van der Waals surface area contributed by atoms with Gasteiger partial charge in [0.1, 0.15) is 23.6 Å². The van der Waals surface area contributed by atoms with Gasteiger partial charge in [0.05, 0.1) is 35.7 Å². The molecule has 7 rings (SSSR count). The van der Waals surface area contributed by atoms with Crippen molar-refractivity contribution in [2.45, 2.75) is 44.4 Å². The van der Waals surface area contributed by atoms with Gasteiger partial charge in [-0.25, -0.2) is 19.2 Å². The first-order valence-electron chi connectivity index (χ1n) is 16.2. The fourth-order valence-electron chi connectivity index (χ4n) is 6.83. The Bertz CT molecular complexity index is 2220. The van der Waals surface area contributed by atoms with Gasteiger partial charge in [-0.05, 0) is 85.0 Å². The van der Waals surface area contributed by atoms with Crippen LogP contribution in [0, 0.1) is 5.82 Å². The highest BCUT2D eigenvalue weighted by Crippen LogP contribution is 2.40. The molecule has 0 fully saturated rings. The number of aromatic nitrogens is 5. The molecule has 1 aliphatic heterocycles. The Labute approximate surface area is 290 Å². The average Bonchev–Trinajstić information content (AvgIpc) is 3.60. The minimum absolute atomic E-state index is 0.311. The van der Waals surface area contributed by atoms with Crippen molar-refractivity contribution >= 4 is 50.0 Å². The Morgan fingerprint density at radius 2 is 1.84 bits per heavy atom. The maximum atomic E-state index is 14.3. The van der Waals surface area contributed by atoms with Crippen LogP contribution < -0.4 is 4.74 Å². The number of carbonyl (C=O) groups is 1. The number of hydrogen-bond donors (Lipinski definition) is 0. The summed E-state index contributed by atoms with van der Waals surface area (Å²) in [6, 6.07) is 14.5. The molecular formula is C37H35ClFN5O4S. The molecule has 1 atom stereocenters. The van der Waals surface area contributed by atoms with Gasteiger partial charge in [-0.3, -0.25) is 8.89 Å². The Hall–Kier alpha value is -4.61. The van der Waals surface area contributed by atoms with E-state index < -0.39 is 16.8 Å². The minimum Gasteiger partial charge on any atom is -0.493 e. The second-order valence-corrected chi connectivity index (χ2v) is 14.2. The third kappa shape index (κ3) is 6.69. The van der Waals surface area contributed by atoms with Crippen molar-refractivity contribution < 1.29 is 22.9 Å². The number of nitrogens with zero attached hydrogens (tertiary/aromatic N) is 5. The van der Waals surface area contributed by atoms with E-state index in [9.17, 15) is 13.4 Å². The molecule has 4 heterocycles. The second-order valence-electron chi connectivity index (χ2n) is 12.2. The molecular weight excluding hydrogens is 665 g/mol. The molecule has 1 aliphatic rings. The first-order valence-corrected chi connectivity index (χ1v) is 18.1. The highest BCUT2D eigenvalue weighted by atomic mass is 35.5. The number of benzene rings is 3. The van der Waals surface area contributed by atoms with Gasteiger partial charge in [-0.15, -0.1) is 0 Å². The fourth-order valence-corrected chi connectivity index (χ4v) is 8.16. The summed E-state index contributed by atoms with van der Waals surface area (Å²) < 4.78 is 43.2. The van der Waals surface area contributed by atoms with E-state index in [0.29, 0.717) is 84.4 Å². The van der Waals surface area contributed by atoms with Crippen molar-refractivity contribution in [2.75, 3.05) is 19.5 Å². The largest absolute Gasteiger partial charge is 0.493 e. The van der Waals surface area contributed by atoms with Crippen molar-refractivity contribution in [3.8, 4) is 16.9 Å². The molecule has 252 valence electrons. The zero-order valence-corrected chi connectivity index (χ0v) is 28.8. The van der Waals surface area contributed by atoms with E-state index in [2.05, 4.69) is 15.1 Å². The van der Waals surface area contributed by atoms with Crippen LogP contribution in [0.3, 0.4) is 0 Å². The maximum absolute atomic E-state index is 14.3. The zero-order chi connectivity index (χ0) is 34.1. The number of hydrogen-bond acceptors (Lipinski definition) is 7. The van der Waals surface area contributed by atoms with Gasteiger partial charge in [-0.2, -0.15) is 5.10 Å². The SMILES string of the molecule is COC(=O)c1c2c3ccc(Cl)c(-c4cncnc4)c3n1CCCS(=O)Cc1cc(n(C)n1)CCc1cc(c3ccc(F)cc3c1)OCCC2. The highest BCUT2D eigenvalue weighted by Gasteiger charge is 2.27. The maximum Gasteiger partial charge on any atom is 0.354 e. The van der Waals surface area contributed by atoms with Crippen molar-refractivity contribution in [3.05, 3.63) is 106 Å². The molecule has 3 aromatic carbocycles. The van der Waals surface area contributed by atoms with E-state index >= 15 is 0 Å². The lowest BCUT2D eigenvalue weighted by Crippen LogP contribution is -2.15. The Morgan fingerprint density at radius 1 is 1.02 bits per heavy atom. The number of esters is 1. The van der Waals surface area contributed by atoms with Crippen LogP contribution >= 0.6 is 11.6 Å². The molecule has 49 heavy (non-hydrogen) atoms. The first-order chi connectivity index (χ1) is 23.8. The van der Waals surface area contributed by atoms with Crippen LogP contribution in [0.15, 0.2) is 67.3 Å². The van der Waals surface area contributed by atoms with Crippen molar-refractivity contribution in [2.24, 2.45) is 7.05 Å². The van der Waals surface area contributed by atoms with Gasteiger partial charge in [0.15, 0.2) is 0 Å². The van der Waals surface area contributed by atoms with Crippen LogP contribution in [-0.4, -0.2) is 54.0 Å². The second kappa shape index (κ2) is 14.1. The summed E-state index contributed by atoms with van der Waals surface area (Å²) in [5, 5.41) is 7.60. The van der Waals surface area contributed by atoms with Crippen molar-refractivity contribution in [3.63, 3.8) is 0 Å². The summed E-state index contributed by atoms with van der Waals surface area (Å²) in [6.45, 7) is 0.771. The molecule has 0 radical (unpaired) electrons. The molecule has 1 unspecified atom stereocenters. The van der Waals surface area contributed by atoms with E-state index in [4.69, 9.17) is 21.1 Å². The summed E-state index contributed by atoms with van der Waals surface area (Å²) in [4.78, 5) is 22.0. The molecule has 6 aromatic rings. The summed E-state index contributed by atoms with van der Waals surface area (Å²) in [5.41, 5.74) is 6.23. The number of ether oxygens (including phenoxy) is 2. The van der Waals surface area contributed by atoms with Crippen LogP contribution in [0.1, 0.15) is 45.8 Å². The summed E-state index contributed by atoms with van der Waals surface area (Å²) in [6.07, 6.45) is 7.91. The van der Waals surface area contributed by atoms with Gasteiger partial charge in [0, 0.05) is 70.1 Å². The van der Waals surface area contributed by atoms with Gasteiger partial charge >= 0.3 is 5.97 Å². The topological polar surface area (TPSA) is 101 Å². The van der Waals surface area contributed by atoms with E-state index in [0.717, 1.165) is 44.2 Å². The lowest BCUT2D eigenvalue weighted by atomic mass is 10.0. The summed E-state index contributed by atoms with van der Waals surface area (Å²) >= 11 is 6.86. The minimum atomic E-state index is -1.19. The molecule has 0 amide bonds. The number of halogens is 2. The number of methoxy groups -OCH3 is 1. The van der Waals surface area contributed by atoms with Crippen molar-refractivity contribution in [1.82, 2.24) is 24.3 Å². The number of aryl methyl sites for hydroxylation is 5. The van der Waals surface area contributed by atoms with Gasteiger partial charge in [0.25, 0.3) is 0 Å². The Balaban J connectivity index is 1.34. The average molecular weight is 700 g/mol. The molecule has 0 saturated heterocycles. The van der Waals surface area contributed by atoms with E-state index in [1.165, 1.54) is 25.6 Å². The standard InChI is InChI=1S/C37H35ClFN5O4S/c1-43-28-8-6-23-15-24-17-26(39)7-9-29(24)33(16-23)48-13-3-5-30-31-10-11-32(38)34(25-19-40-22-41-20-25)35(31)44(36(30)37(45)47-2)12-4-14-49(46)21-27(18-28)42-43/h7,9-11,15-20,22H,3-6,8,12-14,21H2,1-2H3. The van der Waals surface area contributed by atoms with E-state index in [-0.39, 0.29) is 5.82 Å². The zero-order valence-electron chi connectivity index (χ0n) is 27.2. The molecule has 0 aliphatic carbocycles. The molecule has 0 saturated carbocycles. The third-order valence-electron chi connectivity index (χ3n) is 9.03. The summed E-state index contributed by atoms with van der Waals surface area (Å²) in [7, 11) is 2.08. The highest BCUT2D eigenvalue weighted by molar-refractivity contribution is 7.84. The van der Waals surface area contributed by atoms with Crippen LogP contribution in [0.2, 0.25) is 5.02 Å². The smallest absolute Gasteiger partial charge is 0.354 e. The molecule has 0 spiro atoms. The van der Waals surface area contributed by atoms with Crippen LogP contribution in [0.25, 0.3) is 32.8 Å². The van der Waals surface area contributed by atoms with E-state index in [1.54, 1.807) is 18.5 Å². The van der Waals surface area contributed by atoms with Gasteiger partial charge in [-0.1, -0.05) is 23.7 Å². The van der Waals surface area contributed by atoms with Crippen LogP contribution in [0.5, 0.6) is 5.75 Å².